The standard InChI is InChI=1S/C17H13N3O3S/c21-16(19-13-6-3-9-18-10-13)11-20-14-7-1-4-12-5-2-8-15(17(12)14)24(20,22)23/h1-10H,11H2,(H,19,21). The quantitative estimate of drug-likeness (QED) is 0.794. The summed E-state index contributed by atoms with van der Waals surface area (Å²) in [6.45, 7) is -0.287. The molecule has 0 radical (unpaired) electrons. The summed E-state index contributed by atoms with van der Waals surface area (Å²) >= 11 is 0. The second-order valence-corrected chi connectivity index (χ2v) is 7.26. The average molecular weight is 339 g/mol. The highest BCUT2D eigenvalue weighted by Crippen LogP contribution is 2.41. The van der Waals surface area contributed by atoms with Crippen LogP contribution in [0.2, 0.25) is 0 Å². The van der Waals surface area contributed by atoms with Gasteiger partial charge in [-0.2, -0.15) is 0 Å². The van der Waals surface area contributed by atoms with Crippen LogP contribution in [0.15, 0.2) is 65.8 Å². The average Bonchev–Trinajstić information content (AvgIpc) is 2.79. The summed E-state index contributed by atoms with van der Waals surface area (Å²) in [6.07, 6.45) is 3.10. The van der Waals surface area contributed by atoms with Crippen LogP contribution >= 0.6 is 0 Å². The molecule has 1 aliphatic heterocycles. The van der Waals surface area contributed by atoms with E-state index in [1.165, 1.54) is 6.20 Å². The Morgan fingerprint density at radius 2 is 1.88 bits per heavy atom. The second kappa shape index (κ2) is 5.31. The van der Waals surface area contributed by atoms with Crippen molar-refractivity contribution in [3.05, 3.63) is 60.9 Å². The van der Waals surface area contributed by atoms with Crippen LogP contribution in [0.1, 0.15) is 0 Å². The van der Waals surface area contributed by atoms with E-state index < -0.39 is 15.9 Å². The number of aromatic nitrogens is 1. The van der Waals surface area contributed by atoms with E-state index >= 15 is 0 Å². The fourth-order valence-electron chi connectivity index (χ4n) is 2.90. The second-order valence-electron chi connectivity index (χ2n) is 5.43. The van der Waals surface area contributed by atoms with E-state index in [1.807, 2.05) is 12.1 Å². The molecule has 0 saturated heterocycles. The lowest BCUT2D eigenvalue weighted by Crippen LogP contribution is -2.35. The van der Waals surface area contributed by atoms with Gasteiger partial charge in [0.2, 0.25) is 5.91 Å². The number of sulfonamides is 1. The molecule has 1 amide bonds. The van der Waals surface area contributed by atoms with Crippen LogP contribution in [0.25, 0.3) is 10.8 Å². The van der Waals surface area contributed by atoms with Crippen LogP contribution in [0.3, 0.4) is 0 Å². The minimum Gasteiger partial charge on any atom is -0.323 e. The minimum atomic E-state index is -3.73. The number of anilines is 2. The lowest BCUT2D eigenvalue weighted by atomic mass is 10.1. The van der Waals surface area contributed by atoms with Crippen molar-refractivity contribution >= 4 is 38.1 Å². The minimum absolute atomic E-state index is 0.241. The molecule has 0 saturated carbocycles. The molecule has 0 bridgehead atoms. The number of rotatable bonds is 3. The highest BCUT2D eigenvalue weighted by atomic mass is 32.2. The Bertz CT molecular complexity index is 1040. The van der Waals surface area contributed by atoms with Crippen molar-refractivity contribution in [2.45, 2.75) is 4.90 Å². The van der Waals surface area contributed by atoms with E-state index in [1.54, 1.807) is 42.6 Å². The number of nitrogens with zero attached hydrogens (tertiary/aromatic N) is 2. The molecule has 0 aliphatic carbocycles. The number of carbonyl (C=O) groups excluding carboxylic acids is 1. The predicted molar refractivity (Wildman–Crippen MR) is 91.3 cm³/mol. The van der Waals surface area contributed by atoms with Crippen molar-refractivity contribution in [1.29, 1.82) is 0 Å². The number of benzene rings is 2. The summed E-state index contributed by atoms with van der Waals surface area (Å²) in [4.78, 5) is 16.4. The maximum atomic E-state index is 12.8. The molecule has 6 nitrogen and oxygen atoms in total. The van der Waals surface area contributed by atoms with Gasteiger partial charge < -0.3 is 5.32 Å². The summed E-state index contributed by atoms with van der Waals surface area (Å²) in [5.74, 6) is -0.420. The third-order valence-electron chi connectivity index (χ3n) is 3.91. The normalized spacial score (nSPS) is 14.8. The van der Waals surface area contributed by atoms with Crippen LogP contribution in [-0.2, 0) is 14.8 Å². The third-order valence-corrected chi connectivity index (χ3v) is 5.72. The van der Waals surface area contributed by atoms with Gasteiger partial charge in [0, 0.05) is 11.6 Å². The number of carbonyl (C=O) groups is 1. The van der Waals surface area contributed by atoms with E-state index in [0.29, 0.717) is 16.8 Å². The number of amides is 1. The summed E-state index contributed by atoms with van der Waals surface area (Å²) in [5.41, 5.74) is 1.05. The number of hydrogen-bond acceptors (Lipinski definition) is 4. The van der Waals surface area contributed by atoms with Crippen LogP contribution in [0.5, 0.6) is 0 Å². The summed E-state index contributed by atoms with van der Waals surface area (Å²) in [5, 5.41) is 4.16. The van der Waals surface area contributed by atoms with Gasteiger partial charge in [-0.05, 0) is 29.7 Å². The Morgan fingerprint density at radius 1 is 1.08 bits per heavy atom. The van der Waals surface area contributed by atoms with Gasteiger partial charge in [0.05, 0.1) is 22.5 Å². The first kappa shape index (κ1) is 14.6. The lowest BCUT2D eigenvalue weighted by Gasteiger charge is -2.18. The maximum absolute atomic E-state index is 12.8. The molecule has 7 heteroatoms. The SMILES string of the molecule is O=C(CN1c2cccc3cccc(c23)S1(=O)=O)Nc1cccnc1. The van der Waals surface area contributed by atoms with Crippen LogP contribution in [0.4, 0.5) is 11.4 Å². The van der Waals surface area contributed by atoms with Gasteiger partial charge in [-0.25, -0.2) is 8.42 Å². The zero-order valence-corrected chi connectivity index (χ0v) is 13.3. The molecular weight excluding hydrogens is 326 g/mol. The van der Waals surface area contributed by atoms with Crippen molar-refractivity contribution in [1.82, 2.24) is 4.98 Å². The largest absolute Gasteiger partial charge is 0.323 e. The fraction of sp³-hybridized carbons (Fsp3) is 0.0588. The molecule has 1 N–H and O–H groups in total. The molecule has 3 aromatic rings. The number of nitrogens with one attached hydrogen (secondary N) is 1. The Hall–Kier alpha value is -2.93. The van der Waals surface area contributed by atoms with Crippen molar-refractivity contribution in [3.8, 4) is 0 Å². The van der Waals surface area contributed by atoms with Crippen molar-refractivity contribution in [2.24, 2.45) is 0 Å². The highest BCUT2D eigenvalue weighted by Gasteiger charge is 2.36. The molecule has 2 heterocycles. The molecule has 0 spiro atoms. The topological polar surface area (TPSA) is 79.4 Å². The molecule has 0 fully saturated rings. The molecule has 120 valence electrons. The van der Waals surface area contributed by atoms with E-state index in [0.717, 1.165) is 9.69 Å². The monoisotopic (exact) mass is 339 g/mol. The van der Waals surface area contributed by atoms with Gasteiger partial charge in [0.25, 0.3) is 10.0 Å². The summed E-state index contributed by atoms with van der Waals surface area (Å²) in [6, 6.07) is 13.9. The van der Waals surface area contributed by atoms with E-state index in [9.17, 15) is 13.2 Å². The van der Waals surface area contributed by atoms with E-state index in [-0.39, 0.29) is 11.4 Å². The molecule has 1 aromatic heterocycles. The summed E-state index contributed by atoms with van der Waals surface area (Å²) < 4.78 is 26.7. The molecular formula is C17H13N3O3S. The van der Waals surface area contributed by atoms with Crippen molar-refractivity contribution < 1.29 is 13.2 Å². The van der Waals surface area contributed by atoms with Crippen molar-refractivity contribution in [2.75, 3.05) is 16.2 Å². The van der Waals surface area contributed by atoms with Crippen molar-refractivity contribution in [3.63, 3.8) is 0 Å². The molecule has 24 heavy (non-hydrogen) atoms. The maximum Gasteiger partial charge on any atom is 0.265 e. The first-order chi connectivity index (χ1) is 11.6. The van der Waals surface area contributed by atoms with Gasteiger partial charge >= 0.3 is 0 Å². The van der Waals surface area contributed by atoms with E-state index in [2.05, 4.69) is 10.3 Å². The smallest absolute Gasteiger partial charge is 0.265 e. The molecule has 0 atom stereocenters. The summed E-state index contributed by atoms with van der Waals surface area (Å²) in [7, 11) is -3.73. The molecule has 0 unspecified atom stereocenters. The fourth-order valence-corrected chi connectivity index (χ4v) is 4.56. The highest BCUT2D eigenvalue weighted by molar-refractivity contribution is 7.93. The van der Waals surface area contributed by atoms with Crippen LogP contribution in [0, 0.1) is 0 Å². The van der Waals surface area contributed by atoms with Gasteiger partial charge in [-0.1, -0.05) is 24.3 Å². The zero-order chi connectivity index (χ0) is 16.7. The van der Waals surface area contributed by atoms with Gasteiger partial charge in [-0.3, -0.25) is 14.1 Å². The Labute approximate surface area is 138 Å². The molecule has 1 aliphatic rings. The van der Waals surface area contributed by atoms with Crippen LogP contribution < -0.4 is 9.62 Å². The van der Waals surface area contributed by atoms with Crippen LogP contribution in [-0.4, -0.2) is 25.9 Å². The third kappa shape index (κ3) is 2.21. The number of pyridine rings is 1. The van der Waals surface area contributed by atoms with Gasteiger partial charge in [-0.15, -0.1) is 0 Å². The molecule has 4 rings (SSSR count). The van der Waals surface area contributed by atoms with Gasteiger partial charge in [0.1, 0.15) is 6.54 Å². The zero-order valence-electron chi connectivity index (χ0n) is 12.5. The predicted octanol–water partition coefficient (Wildman–Crippen LogP) is 2.38. The van der Waals surface area contributed by atoms with Gasteiger partial charge in [0.15, 0.2) is 0 Å². The number of hydrogen-bond donors (Lipinski definition) is 1. The first-order valence-electron chi connectivity index (χ1n) is 7.32. The Morgan fingerprint density at radius 3 is 2.62 bits per heavy atom. The molecule has 2 aromatic carbocycles. The Balaban J connectivity index is 1.70. The Kier molecular flexibility index (Phi) is 3.24. The van der Waals surface area contributed by atoms with E-state index in [4.69, 9.17) is 0 Å². The lowest BCUT2D eigenvalue weighted by molar-refractivity contribution is -0.114. The first-order valence-corrected chi connectivity index (χ1v) is 8.76.